The summed E-state index contributed by atoms with van der Waals surface area (Å²) in [4.78, 5) is 38.5. The van der Waals surface area contributed by atoms with Crippen LogP contribution in [-0.4, -0.2) is 58.6 Å². The molecule has 0 aliphatic heterocycles. The van der Waals surface area contributed by atoms with Crippen molar-refractivity contribution in [1.82, 2.24) is 25.6 Å². The van der Waals surface area contributed by atoms with E-state index < -0.39 is 44.8 Å². The third kappa shape index (κ3) is 7.52. The first kappa shape index (κ1) is 30.5. The topological polar surface area (TPSA) is 164 Å². The summed E-state index contributed by atoms with van der Waals surface area (Å²) < 4.78 is 33.0. The van der Waals surface area contributed by atoms with Gasteiger partial charge in [0.05, 0.1) is 18.5 Å². The molecule has 44 heavy (non-hydrogen) atoms. The van der Waals surface area contributed by atoms with Gasteiger partial charge >= 0.3 is 0 Å². The van der Waals surface area contributed by atoms with E-state index in [0.29, 0.717) is 23.1 Å². The summed E-state index contributed by atoms with van der Waals surface area (Å²) in [6.07, 6.45) is 4.50. The van der Waals surface area contributed by atoms with Crippen LogP contribution in [0.25, 0.3) is 11.1 Å². The molecule has 0 saturated heterocycles. The highest BCUT2D eigenvalue weighted by Gasteiger charge is 2.38. The number of fused-ring (bicyclic) bond motifs is 1. The molecule has 3 aromatic carbocycles. The largest absolute Gasteiger partial charge is 0.437 e. The van der Waals surface area contributed by atoms with Gasteiger partial charge in [0, 0.05) is 18.9 Å². The van der Waals surface area contributed by atoms with Gasteiger partial charge in [-0.25, -0.2) is 18.4 Å². The number of aromatic nitrogens is 3. The molecule has 2 atom stereocenters. The second-order valence-electron chi connectivity index (χ2n) is 10.3. The highest BCUT2D eigenvalue weighted by molar-refractivity contribution is 7.92. The van der Waals surface area contributed by atoms with Gasteiger partial charge in [-0.1, -0.05) is 72.8 Å². The summed E-state index contributed by atoms with van der Waals surface area (Å²) in [5.41, 5.74) is 0.614. The molecule has 2 aromatic heterocycles. The summed E-state index contributed by atoms with van der Waals surface area (Å²) in [5.74, 6) is -2.02. The molecular weight excluding hydrogens is 582 g/mol. The predicted octanol–water partition coefficient (Wildman–Crippen LogP) is 2.97. The van der Waals surface area contributed by atoms with Crippen LogP contribution >= 0.6 is 0 Å². The Hall–Kier alpha value is -4.94. The Kier molecular flexibility index (Phi) is 9.41. The summed E-state index contributed by atoms with van der Waals surface area (Å²) in [7, 11) is -4.14. The van der Waals surface area contributed by atoms with Crippen LogP contribution in [0.1, 0.15) is 33.9 Å². The third-order valence-electron chi connectivity index (χ3n) is 7.10. The van der Waals surface area contributed by atoms with E-state index in [1.807, 2.05) is 30.3 Å². The van der Waals surface area contributed by atoms with Gasteiger partial charge in [0.1, 0.15) is 11.2 Å². The fourth-order valence-corrected chi connectivity index (χ4v) is 6.27. The van der Waals surface area contributed by atoms with Crippen molar-refractivity contribution in [2.75, 3.05) is 13.1 Å². The summed E-state index contributed by atoms with van der Waals surface area (Å²) >= 11 is 0. The van der Waals surface area contributed by atoms with E-state index in [-0.39, 0.29) is 24.6 Å². The minimum atomic E-state index is -4.14. The van der Waals surface area contributed by atoms with Gasteiger partial charge in [-0.15, -0.1) is 0 Å². The van der Waals surface area contributed by atoms with Crippen LogP contribution < -0.4 is 10.6 Å². The normalized spacial score (nSPS) is 13.6. The van der Waals surface area contributed by atoms with Crippen LogP contribution in [0.5, 0.6) is 0 Å². The molecule has 0 aliphatic carbocycles. The van der Waals surface area contributed by atoms with Crippen LogP contribution in [0.2, 0.25) is 0 Å². The third-order valence-corrected chi connectivity index (χ3v) is 9.08. The molecule has 0 saturated carbocycles. The molecule has 2 amide bonds. The number of amides is 2. The molecule has 5 aromatic rings. The number of rotatable bonds is 13. The fraction of sp³-hybridized carbons (Fsp3) is 0.219. The Morgan fingerprint density at radius 1 is 0.886 bits per heavy atom. The lowest BCUT2D eigenvalue weighted by molar-refractivity contribution is -0.122. The highest BCUT2D eigenvalue weighted by atomic mass is 32.2. The number of aryl methyl sites for hydroxylation is 1. The van der Waals surface area contributed by atoms with Gasteiger partial charge in [0.2, 0.25) is 11.8 Å². The molecule has 0 aliphatic rings. The Labute approximate surface area is 254 Å². The molecule has 226 valence electrons. The first-order valence-corrected chi connectivity index (χ1v) is 15.6. The van der Waals surface area contributed by atoms with Gasteiger partial charge in [0.25, 0.3) is 5.91 Å². The van der Waals surface area contributed by atoms with Crippen molar-refractivity contribution in [3.63, 3.8) is 0 Å². The SMILES string of the molecule is O=C(NCC(C(=O)NCC(O)(CCc1ccccc1)c1nc2ccccc2o1)S(=O)(=O)Cc1ccccc1)c1cnccn1. The molecule has 0 spiro atoms. The standard InChI is InChI=1S/C32H31N5O6S/c38-29(26-19-33-17-18-34-26)35-20-28(44(41,42)21-24-11-5-2-6-12-24)30(39)36-22-32(40,16-15-23-9-3-1-4-10-23)31-37-25-13-7-8-14-27(25)43-31/h1-14,17-19,28,40H,15-16,20-22H2,(H,35,38)(H,36,39). The smallest absolute Gasteiger partial charge is 0.271 e. The maximum atomic E-state index is 13.6. The lowest BCUT2D eigenvalue weighted by Gasteiger charge is -2.27. The molecule has 0 fully saturated rings. The number of carbonyl (C=O) groups excluding carboxylic acids is 2. The van der Waals surface area contributed by atoms with Crippen LogP contribution in [0.4, 0.5) is 0 Å². The lowest BCUT2D eigenvalue weighted by atomic mass is 9.94. The number of nitrogens with one attached hydrogen (secondary N) is 2. The maximum absolute atomic E-state index is 13.6. The minimum Gasteiger partial charge on any atom is -0.437 e. The van der Waals surface area contributed by atoms with E-state index in [1.165, 1.54) is 18.6 Å². The number of aliphatic hydroxyl groups is 1. The lowest BCUT2D eigenvalue weighted by Crippen LogP contribution is -2.51. The second-order valence-corrected chi connectivity index (χ2v) is 12.5. The molecule has 2 unspecified atom stereocenters. The minimum absolute atomic E-state index is 0.00502. The van der Waals surface area contributed by atoms with Gasteiger partial charge in [-0.3, -0.25) is 14.6 Å². The summed E-state index contributed by atoms with van der Waals surface area (Å²) in [6.45, 7) is -0.914. The average molecular weight is 614 g/mol. The predicted molar refractivity (Wildman–Crippen MR) is 163 cm³/mol. The van der Waals surface area contributed by atoms with Crippen LogP contribution in [0, 0.1) is 0 Å². The Balaban J connectivity index is 1.39. The monoisotopic (exact) mass is 613 g/mol. The van der Waals surface area contributed by atoms with Gasteiger partial charge in [-0.2, -0.15) is 0 Å². The maximum Gasteiger partial charge on any atom is 0.271 e. The zero-order valence-corrected chi connectivity index (χ0v) is 24.5. The van der Waals surface area contributed by atoms with Crippen LogP contribution in [0.3, 0.4) is 0 Å². The van der Waals surface area contributed by atoms with Crippen LogP contribution in [0.15, 0.2) is 108 Å². The van der Waals surface area contributed by atoms with Crippen molar-refractivity contribution >= 4 is 32.8 Å². The number of hydrogen-bond acceptors (Lipinski definition) is 9. The average Bonchev–Trinajstić information content (AvgIpc) is 3.49. The Morgan fingerprint density at radius 3 is 2.25 bits per heavy atom. The van der Waals surface area contributed by atoms with Gasteiger partial charge < -0.3 is 20.2 Å². The Morgan fingerprint density at radius 2 is 1.57 bits per heavy atom. The number of sulfone groups is 1. The van der Waals surface area contributed by atoms with E-state index in [9.17, 15) is 23.1 Å². The fourth-order valence-electron chi connectivity index (χ4n) is 4.67. The van der Waals surface area contributed by atoms with Crippen molar-refractivity contribution in [3.8, 4) is 0 Å². The second kappa shape index (κ2) is 13.6. The first-order chi connectivity index (χ1) is 21.2. The van der Waals surface area contributed by atoms with Crippen molar-refractivity contribution in [3.05, 3.63) is 126 Å². The van der Waals surface area contributed by atoms with E-state index >= 15 is 0 Å². The molecular formula is C32H31N5O6S. The highest BCUT2D eigenvalue weighted by Crippen LogP contribution is 2.29. The molecule has 3 N–H and O–H groups in total. The van der Waals surface area contributed by atoms with E-state index in [4.69, 9.17) is 4.42 Å². The number of hydrogen-bond donors (Lipinski definition) is 3. The van der Waals surface area contributed by atoms with Crippen molar-refractivity contribution < 1.29 is 27.5 Å². The number of benzene rings is 3. The molecule has 12 heteroatoms. The van der Waals surface area contributed by atoms with Crippen molar-refractivity contribution in [1.29, 1.82) is 0 Å². The molecule has 5 rings (SSSR count). The van der Waals surface area contributed by atoms with Crippen molar-refractivity contribution in [2.24, 2.45) is 0 Å². The van der Waals surface area contributed by atoms with Gasteiger partial charge in [-0.05, 0) is 36.1 Å². The molecule has 0 bridgehead atoms. The van der Waals surface area contributed by atoms with Crippen LogP contribution in [-0.2, 0) is 32.4 Å². The number of carbonyl (C=O) groups is 2. The summed E-state index contributed by atoms with van der Waals surface area (Å²) in [5, 5.41) is 15.3. The molecule has 11 nitrogen and oxygen atoms in total. The number of nitrogens with zero attached hydrogens (tertiary/aromatic N) is 3. The summed E-state index contributed by atoms with van der Waals surface area (Å²) in [6, 6.07) is 24.9. The van der Waals surface area contributed by atoms with E-state index in [1.54, 1.807) is 54.6 Å². The van der Waals surface area contributed by atoms with E-state index in [0.717, 1.165) is 5.56 Å². The number of para-hydroxylation sites is 2. The van der Waals surface area contributed by atoms with Gasteiger partial charge in [0.15, 0.2) is 26.3 Å². The molecule has 2 heterocycles. The van der Waals surface area contributed by atoms with Crippen molar-refractivity contribution in [2.45, 2.75) is 29.4 Å². The quantitative estimate of drug-likeness (QED) is 0.181. The molecule has 0 radical (unpaired) electrons. The Bertz CT molecular complexity index is 1780. The zero-order chi connectivity index (χ0) is 31.0. The number of oxazole rings is 1. The van der Waals surface area contributed by atoms with E-state index in [2.05, 4.69) is 25.6 Å². The zero-order valence-electron chi connectivity index (χ0n) is 23.7. The first-order valence-electron chi connectivity index (χ1n) is 13.9.